The number of carbonyl (C=O) groups excluding carboxylic acids is 1. The zero-order valence-corrected chi connectivity index (χ0v) is 13.0. The summed E-state index contributed by atoms with van der Waals surface area (Å²) < 4.78 is 11.2. The Balaban J connectivity index is 1.44. The van der Waals surface area contributed by atoms with E-state index in [2.05, 4.69) is 10.2 Å². The average molecular weight is 318 g/mol. The van der Waals surface area contributed by atoms with E-state index in [4.69, 9.17) is 9.47 Å². The largest absolute Gasteiger partial charge is 0.486 e. The minimum atomic E-state index is -0.373. The average Bonchev–Trinajstić information content (AvgIpc) is 2.92. The highest BCUT2D eigenvalue weighted by Crippen LogP contribution is 2.33. The maximum absolute atomic E-state index is 12.5. The predicted octanol–water partition coefficient (Wildman–Crippen LogP) is 0.643. The van der Waals surface area contributed by atoms with Crippen LogP contribution >= 0.6 is 0 Å². The molecule has 0 aromatic heterocycles. The van der Waals surface area contributed by atoms with E-state index in [1.165, 1.54) is 13.0 Å². The van der Waals surface area contributed by atoms with Gasteiger partial charge in [-0.2, -0.15) is 0 Å². The minimum Gasteiger partial charge on any atom is -0.486 e. The van der Waals surface area contributed by atoms with Crippen LogP contribution in [0.2, 0.25) is 0 Å². The van der Waals surface area contributed by atoms with E-state index in [0.717, 1.165) is 25.4 Å². The summed E-state index contributed by atoms with van der Waals surface area (Å²) in [6.45, 7) is 3.51. The molecule has 0 saturated carbocycles. The van der Waals surface area contributed by atoms with Crippen LogP contribution in [0, 0.1) is 5.92 Å². The van der Waals surface area contributed by atoms with Crippen LogP contribution in [0.15, 0.2) is 18.2 Å². The third kappa shape index (κ3) is 3.01. The Morgan fingerprint density at radius 3 is 3.09 bits per heavy atom. The van der Waals surface area contributed by atoms with Crippen molar-refractivity contribution in [3.8, 4) is 11.5 Å². The monoisotopic (exact) mass is 318 g/mol. The Morgan fingerprint density at radius 1 is 1.35 bits per heavy atom. The van der Waals surface area contributed by atoms with Crippen LogP contribution in [0.3, 0.4) is 0 Å². The molecule has 1 amide bonds. The molecule has 3 aliphatic rings. The van der Waals surface area contributed by atoms with Crippen molar-refractivity contribution in [1.29, 1.82) is 0 Å². The normalized spacial score (nSPS) is 31.7. The summed E-state index contributed by atoms with van der Waals surface area (Å²) in [7, 11) is 0. The number of piperidine rings is 1. The van der Waals surface area contributed by atoms with Crippen molar-refractivity contribution >= 4 is 5.91 Å². The molecule has 6 heteroatoms. The number of aliphatic hydroxyl groups is 1. The Kier molecular flexibility index (Phi) is 3.87. The second-order valence-corrected chi connectivity index (χ2v) is 6.72. The molecule has 1 unspecified atom stereocenters. The van der Waals surface area contributed by atoms with Crippen LogP contribution < -0.4 is 14.8 Å². The van der Waals surface area contributed by atoms with Gasteiger partial charge in [-0.15, -0.1) is 0 Å². The number of benzene rings is 1. The van der Waals surface area contributed by atoms with Gasteiger partial charge in [0.15, 0.2) is 17.6 Å². The summed E-state index contributed by atoms with van der Waals surface area (Å²) in [5, 5.41) is 12.3. The van der Waals surface area contributed by atoms with E-state index < -0.39 is 0 Å². The van der Waals surface area contributed by atoms with E-state index in [-0.39, 0.29) is 24.7 Å². The molecule has 6 nitrogen and oxygen atoms in total. The quantitative estimate of drug-likeness (QED) is 0.856. The molecular formula is C17H22N2O4. The van der Waals surface area contributed by atoms with Crippen molar-refractivity contribution in [2.24, 2.45) is 5.92 Å². The van der Waals surface area contributed by atoms with Gasteiger partial charge in [0.25, 0.3) is 5.91 Å². The first-order chi connectivity index (χ1) is 11.2. The van der Waals surface area contributed by atoms with Crippen LogP contribution in [-0.2, 0) is 0 Å². The standard InChI is InChI=1S/C17H22N2O4/c20-9-14-10-22-15-2-1-12(6-16(15)23-14)17(21)18-13-5-11-3-4-19(7-11)8-13/h1-2,6,11,13-14,20H,3-5,7-10H2,(H,18,21)/t11-,13-,14-/m0/s1. The molecule has 4 atom stereocenters. The summed E-state index contributed by atoms with van der Waals surface area (Å²) in [5.74, 6) is 1.79. The van der Waals surface area contributed by atoms with Gasteiger partial charge in [0, 0.05) is 24.7 Å². The van der Waals surface area contributed by atoms with Crippen molar-refractivity contribution in [1.82, 2.24) is 10.2 Å². The maximum atomic E-state index is 12.5. The number of hydrogen-bond donors (Lipinski definition) is 2. The SMILES string of the molecule is O=C(N[C@H]1C[C@@H]2CCN(C2)C1)c1ccc2c(c1)O[C@@H](CO)CO2. The highest BCUT2D eigenvalue weighted by molar-refractivity contribution is 5.95. The van der Waals surface area contributed by atoms with E-state index in [9.17, 15) is 9.90 Å². The van der Waals surface area contributed by atoms with Gasteiger partial charge < -0.3 is 24.8 Å². The van der Waals surface area contributed by atoms with Gasteiger partial charge in [-0.05, 0) is 43.5 Å². The number of amides is 1. The van der Waals surface area contributed by atoms with Crippen molar-refractivity contribution in [2.45, 2.75) is 25.0 Å². The smallest absolute Gasteiger partial charge is 0.251 e. The molecule has 0 spiro atoms. The molecule has 4 rings (SSSR count). The molecule has 23 heavy (non-hydrogen) atoms. The van der Waals surface area contributed by atoms with Crippen molar-refractivity contribution < 1.29 is 19.4 Å². The first kappa shape index (κ1) is 14.8. The third-order valence-electron chi connectivity index (χ3n) is 4.93. The summed E-state index contributed by atoms with van der Waals surface area (Å²) >= 11 is 0. The van der Waals surface area contributed by atoms with Crippen molar-refractivity contribution in [3.05, 3.63) is 23.8 Å². The van der Waals surface area contributed by atoms with Crippen molar-refractivity contribution in [2.75, 3.05) is 32.8 Å². The summed E-state index contributed by atoms with van der Waals surface area (Å²) in [6.07, 6.45) is 1.95. The Hall–Kier alpha value is -1.79. The summed E-state index contributed by atoms with van der Waals surface area (Å²) in [4.78, 5) is 14.9. The van der Waals surface area contributed by atoms with Crippen LogP contribution in [0.25, 0.3) is 0 Å². The van der Waals surface area contributed by atoms with E-state index in [1.807, 2.05) is 0 Å². The van der Waals surface area contributed by atoms with Crippen LogP contribution in [0.1, 0.15) is 23.2 Å². The van der Waals surface area contributed by atoms with Crippen molar-refractivity contribution in [3.63, 3.8) is 0 Å². The first-order valence-corrected chi connectivity index (χ1v) is 8.29. The predicted molar refractivity (Wildman–Crippen MR) is 83.9 cm³/mol. The Labute approximate surface area is 135 Å². The number of ether oxygens (including phenoxy) is 2. The zero-order valence-electron chi connectivity index (χ0n) is 13.0. The Bertz CT molecular complexity index is 594. The molecule has 3 aliphatic heterocycles. The fourth-order valence-corrected chi connectivity index (χ4v) is 3.78. The first-order valence-electron chi connectivity index (χ1n) is 8.29. The number of nitrogens with one attached hydrogen (secondary N) is 1. The lowest BCUT2D eigenvalue weighted by Crippen LogP contribution is -2.47. The molecule has 2 bridgehead atoms. The van der Waals surface area contributed by atoms with Crippen LogP contribution in [0.5, 0.6) is 11.5 Å². The van der Waals surface area contributed by atoms with Gasteiger partial charge in [-0.25, -0.2) is 0 Å². The fraction of sp³-hybridized carbons (Fsp3) is 0.588. The topological polar surface area (TPSA) is 71.0 Å². The molecule has 124 valence electrons. The molecule has 1 aromatic rings. The van der Waals surface area contributed by atoms with Gasteiger partial charge in [-0.1, -0.05) is 0 Å². The summed E-state index contributed by atoms with van der Waals surface area (Å²) in [6, 6.07) is 5.44. The second kappa shape index (κ2) is 6.02. The fourth-order valence-electron chi connectivity index (χ4n) is 3.78. The molecule has 0 aliphatic carbocycles. The number of rotatable bonds is 3. The Morgan fingerprint density at radius 2 is 2.26 bits per heavy atom. The minimum absolute atomic E-state index is 0.0741. The van der Waals surface area contributed by atoms with Crippen LogP contribution in [-0.4, -0.2) is 60.9 Å². The van der Waals surface area contributed by atoms with Crippen LogP contribution in [0.4, 0.5) is 0 Å². The lowest BCUT2D eigenvalue weighted by atomic mass is 9.96. The molecule has 3 heterocycles. The van der Waals surface area contributed by atoms with Gasteiger partial charge in [0.2, 0.25) is 0 Å². The summed E-state index contributed by atoms with van der Waals surface area (Å²) in [5.41, 5.74) is 0.568. The van der Waals surface area contributed by atoms with Gasteiger partial charge in [0.05, 0.1) is 6.61 Å². The van der Waals surface area contributed by atoms with E-state index >= 15 is 0 Å². The van der Waals surface area contributed by atoms with Gasteiger partial charge >= 0.3 is 0 Å². The number of nitrogens with zero attached hydrogens (tertiary/aromatic N) is 1. The number of carbonyl (C=O) groups is 1. The third-order valence-corrected chi connectivity index (χ3v) is 4.93. The highest BCUT2D eigenvalue weighted by Gasteiger charge is 2.33. The van der Waals surface area contributed by atoms with E-state index in [0.29, 0.717) is 23.7 Å². The molecule has 2 saturated heterocycles. The maximum Gasteiger partial charge on any atom is 0.251 e. The lowest BCUT2D eigenvalue weighted by molar-refractivity contribution is 0.0455. The number of hydrogen-bond acceptors (Lipinski definition) is 5. The molecule has 1 aromatic carbocycles. The second-order valence-electron chi connectivity index (χ2n) is 6.72. The number of aliphatic hydroxyl groups excluding tert-OH is 1. The molecule has 2 fully saturated rings. The van der Waals surface area contributed by atoms with Gasteiger partial charge in [0.1, 0.15) is 6.61 Å². The molecule has 2 N–H and O–H groups in total. The molecule has 0 radical (unpaired) electrons. The lowest BCUT2D eigenvalue weighted by Gasteiger charge is -2.30. The highest BCUT2D eigenvalue weighted by atomic mass is 16.6. The van der Waals surface area contributed by atoms with E-state index in [1.54, 1.807) is 18.2 Å². The van der Waals surface area contributed by atoms with Gasteiger partial charge in [-0.3, -0.25) is 4.79 Å². The molecular weight excluding hydrogens is 296 g/mol. The zero-order chi connectivity index (χ0) is 15.8. The number of fused-ring (bicyclic) bond motifs is 3.